The molecular weight excluding hydrogens is 680 g/mol. The zero-order chi connectivity index (χ0) is 38.7. The van der Waals surface area contributed by atoms with Gasteiger partial charge in [-0.25, -0.2) is 0 Å². The number of ether oxygens (including phenoxy) is 3. The summed E-state index contributed by atoms with van der Waals surface area (Å²) in [6, 6.07) is 0. The summed E-state index contributed by atoms with van der Waals surface area (Å²) in [7, 11) is 0. The first kappa shape index (κ1) is 39.5. The summed E-state index contributed by atoms with van der Waals surface area (Å²) in [6.07, 6.45) is -6.62. The number of carboxylic acid groups (broad SMARTS) is 2. The van der Waals surface area contributed by atoms with Crippen LogP contribution < -0.4 is 0 Å². The van der Waals surface area contributed by atoms with Crippen molar-refractivity contribution in [1.29, 1.82) is 0 Å². The van der Waals surface area contributed by atoms with Crippen LogP contribution in [0, 0.1) is 50.7 Å². The minimum Gasteiger partial charge on any atom is -0.481 e. The van der Waals surface area contributed by atoms with Crippen LogP contribution >= 0.6 is 0 Å². The number of aliphatic hydroxyl groups excluding tert-OH is 5. The smallest absolute Gasteiger partial charge is 0.313 e. The van der Waals surface area contributed by atoms with Gasteiger partial charge in [-0.1, -0.05) is 39.3 Å². The Bertz CT molecular complexity index is 1500. The highest BCUT2D eigenvalue weighted by Gasteiger charge is 2.74. The van der Waals surface area contributed by atoms with E-state index in [1.807, 2.05) is 6.92 Å². The SMILES string of the molecule is CC(=O)OC1C(O)CC2(C)C(CCC3(C)C2CC=C2C4C(C(=O)O)(CCC23C)CC(OC2OC(CO)C(O)C(O)C2O)C(C)C4(C)O)C1(C)C(=O)O. The quantitative estimate of drug-likeness (QED) is 0.110. The van der Waals surface area contributed by atoms with E-state index in [9.17, 15) is 55.2 Å². The fourth-order valence-corrected chi connectivity index (χ4v) is 12.9. The second kappa shape index (κ2) is 12.7. The summed E-state index contributed by atoms with van der Waals surface area (Å²) in [5.41, 5.74) is -5.61. The van der Waals surface area contributed by atoms with Gasteiger partial charge >= 0.3 is 17.9 Å². The number of hydrogen-bond acceptors (Lipinski definition) is 12. The molecule has 5 aliphatic carbocycles. The average Bonchev–Trinajstić information content (AvgIpc) is 3.05. The van der Waals surface area contributed by atoms with E-state index in [-0.39, 0.29) is 25.2 Å². The predicted molar refractivity (Wildman–Crippen MR) is 181 cm³/mol. The van der Waals surface area contributed by atoms with Crippen molar-refractivity contribution in [3.8, 4) is 0 Å². The van der Waals surface area contributed by atoms with Gasteiger partial charge in [-0.3, -0.25) is 14.4 Å². The number of carboxylic acids is 2. The number of hydrogen-bond donors (Lipinski definition) is 8. The largest absolute Gasteiger partial charge is 0.481 e. The van der Waals surface area contributed by atoms with Gasteiger partial charge in [0, 0.05) is 18.8 Å². The van der Waals surface area contributed by atoms with Crippen LogP contribution in [0.4, 0.5) is 0 Å². The Morgan fingerprint density at radius 1 is 0.904 bits per heavy atom. The minimum absolute atomic E-state index is 0.0343. The van der Waals surface area contributed by atoms with Gasteiger partial charge < -0.3 is 55.1 Å². The Labute approximate surface area is 304 Å². The molecule has 6 aliphatic rings. The topological polar surface area (TPSA) is 241 Å². The summed E-state index contributed by atoms with van der Waals surface area (Å²) in [5, 5.41) is 86.9. The number of allylic oxidation sites excluding steroid dienone is 1. The van der Waals surface area contributed by atoms with Gasteiger partial charge in [0.15, 0.2) is 6.29 Å². The third-order valence-corrected chi connectivity index (χ3v) is 16.0. The normalized spacial score (nSPS) is 54.4. The maximum atomic E-state index is 13.6. The van der Waals surface area contributed by atoms with Gasteiger partial charge in [0.25, 0.3) is 0 Å². The molecule has 0 bridgehead atoms. The summed E-state index contributed by atoms with van der Waals surface area (Å²) in [6.45, 7) is 11.9. The Kier molecular flexibility index (Phi) is 9.64. The molecule has 6 rings (SSSR count). The van der Waals surface area contributed by atoms with Gasteiger partial charge in [0.05, 0.1) is 29.8 Å². The van der Waals surface area contributed by atoms with Crippen molar-refractivity contribution in [2.24, 2.45) is 50.7 Å². The number of aliphatic hydroxyl groups is 6. The zero-order valence-electron chi connectivity index (χ0n) is 31.2. The van der Waals surface area contributed by atoms with Crippen LogP contribution in [-0.2, 0) is 28.6 Å². The van der Waals surface area contributed by atoms with Crippen LogP contribution in [0.2, 0.25) is 0 Å². The van der Waals surface area contributed by atoms with Crippen molar-refractivity contribution in [2.75, 3.05) is 6.61 Å². The molecule has 0 radical (unpaired) electrons. The number of aliphatic carboxylic acids is 2. The average molecular weight is 739 g/mol. The van der Waals surface area contributed by atoms with E-state index in [4.69, 9.17) is 14.2 Å². The van der Waals surface area contributed by atoms with Gasteiger partial charge in [-0.15, -0.1) is 0 Å². The Morgan fingerprint density at radius 3 is 2.13 bits per heavy atom. The number of carbonyl (C=O) groups is 3. The second-order valence-electron chi connectivity index (χ2n) is 18.2. The molecule has 1 heterocycles. The molecule has 18 atom stereocenters. The van der Waals surface area contributed by atoms with Crippen molar-refractivity contribution >= 4 is 17.9 Å². The van der Waals surface area contributed by atoms with Crippen molar-refractivity contribution < 1.29 is 69.4 Å². The molecule has 4 saturated carbocycles. The fraction of sp³-hybridized carbons (Fsp3) is 0.868. The molecule has 14 heteroatoms. The number of carbonyl (C=O) groups excluding carboxylic acids is 1. The zero-order valence-corrected chi connectivity index (χ0v) is 31.2. The number of rotatable bonds is 6. The lowest BCUT2D eigenvalue weighted by atomic mass is 9.32. The van der Waals surface area contributed by atoms with E-state index in [1.165, 1.54) is 6.92 Å². The standard InChI is InChI=1S/C38H58O14/c1-17-21(51-30-27(44)26(43)25(42)22(16-39)52-30)15-38(32(47)48)13-12-34(4)19(28(38)37(17,7)49)8-9-23-33(3)14-20(41)29(50-18(2)40)36(6,31(45)46)24(33)10-11-35(23,34)5/h8,17,20-30,39,41-44,49H,9-16H2,1-7H3,(H,45,46)(H,47,48). The lowest BCUT2D eigenvalue weighted by Crippen LogP contribution is -2.71. The predicted octanol–water partition coefficient (Wildman–Crippen LogP) is 1.61. The molecule has 0 aromatic rings. The summed E-state index contributed by atoms with van der Waals surface area (Å²) >= 11 is 0. The van der Waals surface area contributed by atoms with Crippen LogP contribution in [0.15, 0.2) is 11.6 Å². The molecule has 294 valence electrons. The van der Waals surface area contributed by atoms with Crippen molar-refractivity contribution in [3.63, 3.8) is 0 Å². The Hall–Kier alpha value is -2.17. The molecule has 14 nitrogen and oxygen atoms in total. The van der Waals surface area contributed by atoms with Crippen LogP contribution in [0.3, 0.4) is 0 Å². The lowest BCUT2D eigenvalue weighted by molar-refractivity contribution is -0.328. The highest BCUT2D eigenvalue weighted by atomic mass is 16.7. The van der Waals surface area contributed by atoms with Crippen LogP contribution in [-0.4, -0.2) is 120 Å². The number of esters is 1. The van der Waals surface area contributed by atoms with Crippen LogP contribution in [0.25, 0.3) is 0 Å². The lowest BCUT2D eigenvalue weighted by Gasteiger charge is -2.72. The van der Waals surface area contributed by atoms with E-state index >= 15 is 0 Å². The van der Waals surface area contributed by atoms with Crippen LogP contribution in [0.1, 0.15) is 93.4 Å². The molecule has 18 unspecified atom stereocenters. The summed E-state index contributed by atoms with van der Waals surface area (Å²) in [4.78, 5) is 38.7. The molecule has 1 aliphatic heterocycles. The second-order valence-corrected chi connectivity index (χ2v) is 18.2. The van der Waals surface area contributed by atoms with Gasteiger partial charge in [-0.05, 0) is 86.9 Å². The molecule has 0 amide bonds. The van der Waals surface area contributed by atoms with E-state index in [0.29, 0.717) is 25.7 Å². The van der Waals surface area contributed by atoms with Crippen LogP contribution in [0.5, 0.6) is 0 Å². The highest BCUT2D eigenvalue weighted by Crippen LogP contribution is 2.76. The third-order valence-electron chi connectivity index (χ3n) is 16.0. The maximum absolute atomic E-state index is 13.6. The molecule has 0 spiro atoms. The maximum Gasteiger partial charge on any atom is 0.313 e. The first-order chi connectivity index (χ1) is 24.0. The first-order valence-corrected chi connectivity index (χ1v) is 18.7. The summed E-state index contributed by atoms with van der Waals surface area (Å²) in [5.74, 6) is -4.96. The van der Waals surface area contributed by atoms with Gasteiger partial charge in [0.2, 0.25) is 0 Å². The molecule has 5 fully saturated rings. The fourth-order valence-electron chi connectivity index (χ4n) is 12.9. The van der Waals surface area contributed by atoms with E-state index in [0.717, 1.165) is 5.57 Å². The highest BCUT2D eigenvalue weighted by molar-refractivity contribution is 5.78. The third kappa shape index (κ3) is 5.14. The van der Waals surface area contributed by atoms with Gasteiger partial charge in [-0.2, -0.15) is 0 Å². The molecule has 52 heavy (non-hydrogen) atoms. The monoisotopic (exact) mass is 738 g/mol. The van der Waals surface area contributed by atoms with Crippen molar-refractivity contribution in [1.82, 2.24) is 0 Å². The van der Waals surface area contributed by atoms with Gasteiger partial charge in [0.1, 0.15) is 35.9 Å². The van der Waals surface area contributed by atoms with E-state index in [1.54, 1.807) is 20.8 Å². The Balaban J connectivity index is 1.38. The molecular formula is C38H58O14. The molecule has 0 aromatic carbocycles. The molecule has 8 N–H and O–H groups in total. The molecule has 0 aromatic heterocycles. The van der Waals surface area contributed by atoms with E-state index < -0.39 is 124 Å². The first-order valence-electron chi connectivity index (χ1n) is 18.7. The van der Waals surface area contributed by atoms with E-state index in [2.05, 4.69) is 19.9 Å². The number of fused-ring (bicyclic) bond motifs is 7. The summed E-state index contributed by atoms with van der Waals surface area (Å²) < 4.78 is 17.3. The molecule has 1 saturated heterocycles. The van der Waals surface area contributed by atoms with Crippen molar-refractivity contribution in [3.05, 3.63) is 11.6 Å². The minimum atomic E-state index is -1.69. The Morgan fingerprint density at radius 2 is 1.56 bits per heavy atom. The van der Waals surface area contributed by atoms with Crippen molar-refractivity contribution in [2.45, 2.75) is 148 Å².